The number of rotatable bonds is 10. The van der Waals surface area contributed by atoms with Gasteiger partial charge in [-0.2, -0.15) is 0 Å². The summed E-state index contributed by atoms with van der Waals surface area (Å²) in [6.45, 7) is 1.90. The predicted octanol–water partition coefficient (Wildman–Crippen LogP) is 7.01. The number of halogens is 4. The van der Waals surface area contributed by atoms with E-state index in [0.717, 1.165) is 12.1 Å². The number of carbonyl (C=O) groups is 1. The molecule has 0 amide bonds. The van der Waals surface area contributed by atoms with Crippen LogP contribution in [-0.4, -0.2) is 55.5 Å². The van der Waals surface area contributed by atoms with Crippen LogP contribution in [0.4, 0.5) is 13.2 Å². The highest BCUT2D eigenvalue weighted by molar-refractivity contribution is 7.99. The largest absolute Gasteiger partial charge is 0.497 e. The number of nitrogens with zero attached hydrogens (tertiary/aromatic N) is 2. The van der Waals surface area contributed by atoms with E-state index >= 15 is 4.39 Å². The Morgan fingerprint density at radius 3 is 2.66 bits per heavy atom. The zero-order valence-corrected chi connectivity index (χ0v) is 22.9. The van der Waals surface area contributed by atoms with Gasteiger partial charge >= 0.3 is 5.97 Å². The number of carbonyl (C=O) groups excluding carboxylic acids is 1. The first-order valence-corrected chi connectivity index (χ1v) is 13.8. The van der Waals surface area contributed by atoms with Crippen molar-refractivity contribution in [1.29, 1.82) is 0 Å². The van der Waals surface area contributed by atoms with Crippen LogP contribution in [0.1, 0.15) is 37.4 Å². The van der Waals surface area contributed by atoms with Crippen LogP contribution in [0.5, 0.6) is 5.75 Å². The first-order chi connectivity index (χ1) is 18.3. The van der Waals surface area contributed by atoms with Gasteiger partial charge in [-0.15, -0.1) is 11.8 Å². The fourth-order valence-electron chi connectivity index (χ4n) is 5.01. The maximum absolute atomic E-state index is 15.7. The molecule has 0 unspecified atom stereocenters. The van der Waals surface area contributed by atoms with Crippen molar-refractivity contribution in [2.75, 3.05) is 39.6 Å². The number of ether oxygens (including phenoxy) is 2. The molecule has 10 heteroatoms. The van der Waals surface area contributed by atoms with Crippen molar-refractivity contribution in [2.45, 2.75) is 36.8 Å². The molecule has 0 bridgehead atoms. The molecule has 0 N–H and O–H groups in total. The van der Waals surface area contributed by atoms with Crippen LogP contribution in [0.15, 0.2) is 47.5 Å². The molecule has 0 spiro atoms. The lowest BCUT2D eigenvalue weighted by atomic mass is 9.74. The number of pyridine rings is 1. The molecule has 0 radical (unpaired) electrons. The molecule has 4 rings (SSSR count). The summed E-state index contributed by atoms with van der Waals surface area (Å²) in [5, 5.41) is 0.811. The van der Waals surface area contributed by atoms with E-state index in [1.165, 1.54) is 38.2 Å². The molecule has 1 aliphatic heterocycles. The van der Waals surface area contributed by atoms with E-state index < -0.39 is 23.2 Å². The van der Waals surface area contributed by atoms with Crippen molar-refractivity contribution in [1.82, 2.24) is 9.88 Å². The Balaban J connectivity index is 1.40. The molecule has 1 aliphatic rings. The molecule has 0 saturated carbocycles. The summed E-state index contributed by atoms with van der Waals surface area (Å²) in [7, 11) is 2.89. The number of methoxy groups -OCH3 is 2. The van der Waals surface area contributed by atoms with Gasteiger partial charge in [-0.25, -0.2) is 13.2 Å². The van der Waals surface area contributed by atoms with E-state index in [-0.39, 0.29) is 22.3 Å². The van der Waals surface area contributed by atoms with Crippen LogP contribution in [0.25, 0.3) is 10.9 Å². The number of piperidine rings is 1. The lowest BCUT2D eigenvalue weighted by Crippen LogP contribution is -2.45. The van der Waals surface area contributed by atoms with Crippen molar-refractivity contribution in [2.24, 2.45) is 5.41 Å². The van der Waals surface area contributed by atoms with Crippen LogP contribution >= 0.6 is 23.4 Å². The standard InChI is InChI=1S/C28H30ClF3N2O3S/c1-36-19-4-6-24-20(16-19)26(21(29)17-33-24)23(32)7-8-28(27(35)37-2)9-11-34(12-10-28)13-14-38-25-15-18(30)3-5-22(25)31/h3-6,15-17,23H,7-14H2,1-2H3/t23-/m1/s1. The van der Waals surface area contributed by atoms with E-state index in [2.05, 4.69) is 9.88 Å². The molecule has 204 valence electrons. The molecule has 1 aromatic heterocycles. The molecule has 38 heavy (non-hydrogen) atoms. The van der Waals surface area contributed by atoms with Gasteiger partial charge in [-0.3, -0.25) is 9.78 Å². The van der Waals surface area contributed by atoms with E-state index in [9.17, 15) is 13.6 Å². The van der Waals surface area contributed by atoms with E-state index in [1.54, 1.807) is 18.2 Å². The maximum atomic E-state index is 15.7. The van der Waals surface area contributed by atoms with Crippen molar-refractivity contribution in [3.8, 4) is 5.75 Å². The Bertz CT molecular complexity index is 1290. The Morgan fingerprint density at radius 2 is 1.95 bits per heavy atom. The highest BCUT2D eigenvalue weighted by Gasteiger charge is 2.42. The summed E-state index contributed by atoms with van der Waals surface area (Å²) in [6.07, 6.45) is 1.48. The van der Waals surface area contributed by atoms with Crippen LogP contribution in [0.3, 0.4) is 0 Å². The minimum absolute atomic E-state index is 0.0971. The second-order valence-corrected chi connectivity index (χ2v) is 11.0. The average Bonchev–Trinajstić information content (AvgIpc) is 2.93. The highest BCUT2D eigenvalue weighted by atomic mass is 35.5. The Kier molecular flexibility index (Phi) is 9.44. The number of alkyl halides is 1. The lowest BCUT2D eigenvalue weighted by molar-refractivity contribution is -0.156. The Hall–Kier alpha value is -2.49. The van der Waals surface area contributed by atoms with Crippen molar-refractivity contribution < 1.29 is 27.4 Å². The first kappa shape index (κ1) is 28.5. The second-order valence-electron chi connectivity index (χ2n) is 9.45. The number of fused-ring (bicyclic) bond motifs is 1. The molecule has 3 aromatic rings. The molecule has 1 saturated heterocycles. The third-order valence-corrected chi connectivity index (χ3v) is 8.56. The van der Waals surface area contributed by atoms with Crippen LogP contribution in [0, 0.1) is 17.0 Å². The fraction of sp³-hybridized carbons (Fsp3) is 0.429. The summed E-state index contributed by atoms with van der Waals surface area (Å²) >= 11 is 7.64. The van der Waals surface area contributed by atoms with Gasteiger partial charge in [0.25, 0.3) is 0 Å². The molecule has 1 fully saturated rings. The smallest absolute Gasteiger partial charge is 0.311 e. The fourth-order valence-corrected chi connectivity index (χ4v) is 6.25. The molecule has 2 aromatic carbocycles. The maximum Gasteiger partial charge on any atom is 0.311 e. The summed E-state index contributed by atoms with van der Waals surface area (Å²) < 4.78 is 53.5. The number of benzene rings is 2. The lowest BCUT2D eigenvalue weighted by Gasteiger charge is -2.40. The average molecular weight is 567 g/mol. The second kappa shape index (κ2) is 12.6. The number of esters is 1. The number of aromatic nitrogens is 1. The van der Waals surface area contributed by atoms with Gasteiger partial charge in [0, 0.05) is 34.3 Å². The summed E-state index contributed by atoms with van der Waals surface area (Å²) in [5.41, 5.74) is 0.152. The van der Waals surface area contributed by atoms with Gasteiger partial charge in [-0.05, 0) is 75.2 Å². The number of thioether (sulfide) groups is 1. The molecule has 2 heterocycles. The molecular weight excluding hydrogens is 537 g/mol. The van der Waals surface area contributed by atoms with E-state index in [0.29, 0.717) is 66.9 Å². The molecular formula is C28H30ClF3N2O3S. The highest BCUT2D eigenvalue weighted by Crippen LogP contribution is 2.43. The monoisotopic (exact) mass is 566 g/mol. The number of likely N-dealkylation sites (tertiary alicyclic amines) is 1. The SMILES string of the molecule is COC(=O)C1(CC[C@@H](F)c2c(Cl)cnc3ccc(OC)cc23)CCN(CCSc2cc(F)ccc2F)CC1. The van der Waals surface area contributed by atoms with E-state index in [4.69, 9.17) is 21.1 Å². The normalized spacial score (nSPS) is 16.4. The van der Waals surface area contributed by atoms with Gasteiger partial charge in [-0.1, -0.05) is 11.6 Å². The van der Waals surface area contributed by atoms with Crippen LogP contribution < -0.4 is 4.74 Å². The van der Waals surface area contributed by atoms with Gasteiger partial charge in [0.15, 0.2) is 0 Å². The Morgan fingerprint density at radius 1 is 1.18 bits per heavy atom. The van der Waals surface area contributed by atoms with Gasteiger partial charge in [0.1, 0.15) is 23.6 Å². The third kappa shape index (κ3) is 6.38. The summed E-state index contributed by atoms with van der Waals surface area (Å²) in [6, 6.07) is 8.65. The molecule has 1 atom stereocenters. The van der Waals surface area contributed by atoms with Crippen LogP contribution in [0.2, 0.25) is 5.02 Å². The summed E-state index contributed by atoms with van der Waals surface area (Å²) in [4.78, 5) is 19.6. The zero-order valence-electron chi connectivity index (χ0n) is 21.3. The number of hydrogen-bond acceptors (Lipinski definition) is 6. The third-order valence-electron chi connectivity index (χ3n) is 7.25. The van der Waals surface area contributed by atoms with E-state index in [1.807, 2.05) is 0 Å². The van der Waals surface area contributed by atoms with Crippen LogP contribution in [-0.2, 0) is 9.53 Å². The topological polar surface area (TPSA) is 51.7 Å². The summed E-state index contributed by atoms with van der Waals surface area (Å²) in [5.74, 6) is -0.100. The number of hydrogen-bond donors (Lipinski definition) is 0. The minimum Gasteiger partial charge on any atom is -0.497 e. The minimum atomic E-state index is -1.41. The van der Waals surface area contributed by atoms with Crippen molar-refractivity contribution in [3.05, 3.63) is 64.8 Å². The quantitative estimate of drug-likeness (QED) is 0.194. The van der Waals surface area contributed by atoms with Crippen molar-refractivity contribution >= 4 is 40.2 Å². The molecule has 0 aliphatic carbocycles. The first-order valence-electron chi connectivity index (χ1n) is 12.4. The molecule has 5 nitrogen and oxygen atoms in total. The zero-order chi connectivity index (χ0) is 27.3. The van der Waals surface area contributed by atoms with Gasteiger partial charge < -0.3 is 14.4 Å². The van der Waals surface area contributed by atoms with Gasteiger partial charge in [0.2, 0.25) is 0 Å². The Labute approximate surface area is 229 Å². The van der Waals surface area contributed by atoms with Gasteiger partial charge in [0.05, 0.1) is 30.2 Å². The van der Waals surface area contributed by atoms with Crippen molar-refractivity contribution in [3.63, 3.8) is 0 Å². The predicted molar refractivity (Wildman–Crippen MR) is 144 cm³/mol.